The average Bonchev–Trinajstić information content (AvgIpc) is 2.25. The van der Waals surface area contributed by atoms with Gasteiger partial charge >= 0.3 is 0 Å². The van der Waals surface area contributed by atoms with Gasteiger partial charge in [-0.15, -0.1) is 0 Å². The lowest BCUT2D eigenvalue weighted by Gasteiger charge is -2.29. The van der Waals surface area contributed by atoms with Crippen LogP contribution < -0.4 is 0 Å². The highest BCUT2D eigenvalue weighted by Crippen LogP contribution is 2.12. The first-order valence-corrected chi connectivity index (χ1v) is 6.34. The summed E-state index contributed by atoms with van der Waals surface area (Å²) in [5.74, 6) is 0.143. The van der Waals surface area contributed by atoms with Crippen LogP contribution in [-0.4, -0.2) is 29.3 Å². The quantitative estimate of drug-likeness (QED) is 0.747. The molecular weight excluding hydrogens is 234 g/mol. The van der Waals surface area contributed by atoms with Crippen LogP contribution >= 0.6 is 11.6 Å². The molecule has 0 aliphatic carbocycles. The topological polar surface area (TPSA) is 20.3 Å². The van der Waals surface area contributed by atoms with E-state index in [0.717, 1.165) is 5.56 Å². The molecule has 0 saturated carbocycles. The zero-order chi connectivity index (χ0) is 13.0. The number of rotatable bonds is 5. The van der Waals surface area contributed by atoms with Crippen LogP contribution in [-0.2, 0) is 0 Å². The summed E-state index contributed by atoms with van der Waals surface area (Å²) in [7, 11) is 0. The summed E-state index contributed by atoms with van der Waals surface area (Å²) in [6, 6.07) is 7.80. The molecule has 0 saturated heterocycles. The molecule has 0 heterocycles. The molecule has 1 aromatic rings. The van der Waals surface area contributed by atoms with Crippen LogP contribution in [0.1, 0.15) is 38.1 Å². The number of nitrogens with zero attached hydrogens (tertiary/aromatic N) is 1. The number of hydrogen-bond donors (Lipinski definition) is 0. The van der Waals surface area contributed by atoms with Gasteiger partial charge in [-0.2, -0.15) is 0 Å². The second kappa shape index (κ2) is 6.18. The van der Waals surface area contributed by atoms with Gasteiger partial charge in [0.1, 0.15) is 0 Å². The Balaban J connectivity index is 2.74. The number of carbonyl (C=O) groups is 1. The van der Waals surface area contributed by atoms with Crippen molar-refractivity contribution in [1.29, 1.82) is 0 Å². The van der Waals surface area contributed by atoms with Gasteiger partial charge in [-0.25, -0.2) is 0 Å². The Morgan fingerprint density at radius 1 is 1.12 bits per heavy atom. The number of Topliss-reactive ketones (excluding diaryl/α,β-unsaturated/α-hetero) is 1. The van der Waals surface area contributed by atoms with Gasteiger partial charge in [-0.05, 0) is 52.0 Å². The average molecular weight is 254 g/mol. The van der Waals surface area contributed by atoms with Gasteiger partial charge in [-0.1, -0.05) is 11.6 Å². The maximum Gasteiger partial charge on any atom is 0.176 e. The van der Waals surface area contributed by atoms with Crippen LogP contribution in [0.15, 0.2) is 24.3 Å². The van der Waals surface area contributed by atoms with E-state index < -0.39 is 0 Å². The largest absolute Gasteiger partial charge is 0.293 e. The van der Waals surface area contributed by atoms with Crippen LogP contribution in [0.5, 0.6) is 0 Å². The molecule has 2 nitrogen and oxygen atoms in total. The van der Waals surface area contributed by atoms with E-state index in [1.165, 1.54) is 0 Å². The molecule has 0 N–H and O–H groups in total. The molecule has 0 bridgehead atoms. The fraction of sp³-hybridized carbons (Fsp3) is 0.500. The van der Waals surface area contributed by atoms with Gasteiger partial charge in [0.25, 0.3) is 0 Å². The fourth-order valence-corrected chi connectivity index (χ4v) is 1.98. The molecule has 3 heteroatoms. The van der Waals surface area contributed by atoms with Gasteiger partial charge in [0.15, 0.2) is 5.78 Å². The fourth-order valence-electron chi connectivity index (χ4n) is 1.85. The maximum absolute atomic E-state index is 12.1. The molecule has 0 atom stereocenters. The van der Waals surface area contributed by atoms with E-state index in [0.29, 0.717) is 23.7 Å². The minimum absolute atomic E-state index is 0.143. The standard InChI is InChI=1S/C14H20ClNO/c1-10(2)16(11(3)4)9-14(17)12-5-7-13(15)8-6-12/h5-8,10-11H,9H2,1-4H3. The van der Waals surface area contributed by atoms with Crippen LogP contribution in [0.4, 0.5) is 0 Å². The monoisotopic (exact) mass is 253 g/mol. The number of ketones is 1. The Morgan fingerprint density at radius 2 is 1.59 bits per heavy atom. The van der Waals surface area contributed by atoms with Gasteiger partial charge in [0.2, 0.25) is 0 Å². The Morgan fingerprint density at radius 3 is 2.00 bits per heavy atom. The van der Waals surface area contributed by atoms with Gasteiger partial charge in [0.05, 0.1) is 6.54 Å². The summed E-state index contributed by atoms with van der Waals surface area (Å²) < 4.78 is 0. The molecule has 0 amide bonds. The van der Waals surface area contributed by atoms with E-state index in [2.05, 4.69) is 32.6 Å². The van der Waals surface area contributed by atoms with E-state index in [9.17, 15) is 4.79 Å². The zero-order valence-electron chi connectivity index (χ0n) is 10.9. The minimum Gasteiger partial charge on any atom is -0.293 e. The Bertz CT molecular complexity index is 362. The van der Waals surface area contributed by atoms with E-state index in [1.807, 2.05) is 0 Å². The molecule has 94 valence electrons. The normalized spacial score (nSPS) is 11.5. The van der Waals surface area contributed by atoms with E-state index in [-0.39, 0.29) is 5.78 Å². The number of benzene rings is 1. The molecule has 0 aromatic heterocycles. The first-order valence-electron chi connectivity index (χ1n) is 5.96. The van der Waals surface area contributed by atoms with Crippen LogP contribution in [0.25, 0.3) is 0 Å². The van der Waals surface area contributed by atoms with Crippen molar-refractivity contribution in [2.45, 2.75) is 39.8 Å². The Kier molecular flexibility index (Phi) is 5.16. The highest BCUT2D eigenvalue weighted by molar-refractivity contribution is 6.30. The highest BCUT2D eigenvalue weighted by atomic mass is 35.5. The summed E-state index contributed by atoms with van der Waals surface area (Å²) in [4.78, 5) is 14.3. The third kappa shape index (κ3) is 4.14. The molecule has 1 aromatic carbocycles. The van der Waals surface area contributed by atoms with Crippen molar-refractivity contribution in [1.82, 2.24) is 4.90 Å². The third-order valence-corrected chi connectivity index (χ3v) is 3.07. The lowest BCUT2D eigenvalue weighted by Crippen LogP contribution is -2.40. The lowest BCUT2D eigenvalue weighted by atomic mass is 10.1. The summed E-state index contributed by atoms with van der Waals surface area (Å²) in [6.45, 7) is 8.88. The van der Waals surface area contributed by atoms with E-state index in [1.54, 1.807) is 24.3 Å². The first-order chi connectivity index (χ1) is 7.91. The second-order valence-electron chi connectivity index (χ2n) is 4.79. The molecule has 0 radical (unpaired) electrons. The van der Waals surface area contributed by atoms with E-state index >= 15 is 0 Å². The van der Waals surface area contributed by atoms with E-state index in [4.69, 9.17) is 11.6 Å². The van der Waals surface area contributed by atoms with Gasteiger partial charge in [-0.3, -0.25) is 9.69 Å². The highest BCUT2D eigenvalue weighted by Gasteiger charge is 2.17. The van der Waals surface area contributed by atoms with Crippen molar-refractivity contribution in [3.63, 3.8) is 0 Å². The third-order valence-electron chi connectivity index (χ3n) is 2.82. The summed E-state index contributed by atoms with van der Waals surface area (Å²) >= 11 is 5.80. The van der Waals surface area contributed by atoms with Gasteiger partial charge in [0, 0.05) is 22.7 Å². The lowest BCUT2D eigenvalue weighted by molar-refractivity contribution is 0.0866. The molecule has 0 aliphatic rings. The first kappa shape index (κ1) is 14.2. The molecule has 0 spiro atoms. The number of hydrogen-bond acceptors (Lipinski definition) is 2. The molecule has 0 aliphatic heterocycles. The van der Waals surface area contributed by atoms with Crippen molar-refractivity contribution < 1.29 is 4.79 Å². The van der Waals surface area contributed by atoms with Crippen LogP contribution in [0.3, 0.4) is 0 Å². The number of carbonyl (C=O) groups excluding carboxylic acids is 1. The van der Waals surface area contributed by atoms with Crippen molar-refractivity contribution in [2.75, 3.05) is 6.54 Å². The summed E-state index contributed by atoms with van der Waals surface area (Å²) in [5, 5.41) is 0.658. The maximum atomic E-state index is 12.1. The molecule has 1 rings (SSSR count). The molecular formula is C14H20ClNO. The summed E-state index contributed by atoms with van der Waals surface area (Å²) in [6.07, 6.45) is 0. The zero-order valence-corrected chi connectivity index (χ0v) is 11.7. The van der Waals surface area contributed by atoms with Crippen molar-refractivity contribution in [3.8, 4) is 0 Å². The van der Waals surface area contributed by atoms with Gasteiger partial charge < -0.3 is 0 Å². The smallest absolute Gasteiger partial charge is 0.176 e. The predicted molar refractivity (Wildman–Crippen MR) is 72.8 cm³/mol. The molecule has 0 fully saturated rings. The van der Waals surface area contributed by atoms with Crippen molar-refractivity contribution >= 4 is 17.4 Å². The summed E-state index contributed by atoms with van der Waals surface area (Å²) in [5.41, 5.74) is 0.723. The number of halogens is 1. The minimum atomic E-state index is 0.143. The predicted octanol–water partition coefficient (Wildman–Crippen LogP) is 3.64. The Hall–Kier alpha value is -0.860. The van der Waals surface area contributed by atoms with Crippen molar-refractivity contribution in [2.24, 2.45) is 0 Å². The van der Waals surface area contributed by atoms with Crippen LogP contribution in [0, 0.1) is 0 Å². The molecule has 0 unspecified atom stereocenters. The second-order valence-corrected chi connectivity index (χ2v) is 5.23. The molecule has 17 heavy (non-hydrogen) atoms. The van der Waals surface area contributed by atoms with Crippen LogP contribution in [0.2, 0.25) is 5.02 Å². The van der Waals surface area contributed by atoms with Crippen molar-refractivity contribution in [3.05, 3.63) is 34.9 Å². The SMILES string of the molecule is CC(C)N(CC(=O)c1ccc(Cl)cc1)C(C)C. The Labute approximate surface area is 109 Å².